The number of nitrogens with one attached hydrogen (secondary N) is 1. The van der Waals surface area contributed by atoms with Gasteiger partial charge in [0.15, 0.2) is 0 Å². The molecule has 0 aliphatic carbocycles. The molecule has 35 heavy (non-hydrogen) atoms. The van der Waals surface area contributed by atoms with Crippen LogP contribution in [0.5, 0.6) is 5.75 Å². The number of ether oxygens (including phenoxy) is 2. The Bertz CT molecular complexity index is 1210. The quantitative estimate of drug-likeness (QED) is 0.501. The molecule has 1 saturated heterocycles. The van der Waals surface area contributed by atoms with E-state index in [4.69, 9.17) is 9.47 Å². The molecule has 0 saturated carbocycles. The van der Waals surface area contributed by atoms with Crippen molar-refractivity contribution in [3.8, 4) is 5.75 Å². The molecule has 1 unspecified atom stereocenters. The predicted molar refractivity (Wildman–Crippen MR) is 132 cm³/mol. The van der Waals surface area contributed by atoms with Gasteiger partial charge in [0.1, 0.15) is 12.3 Å². The van der Waals surface area contributed by atoms with Crippen LogP contribution in [0, 0.1) is 0 Å². The number of anilines is 1. The van der Waals surface area contributed by atoms with E-state index < -0.39 is 32.5 Å². The van der Waals surface area contributed by atoms with Crippen LogP contribution in [0.15, 0.2) is 53.4 Å². The topological polar surface area (TPSA) is 122 Å². The molecule has 12 heteroatoms. The molecule has 1 amide bonds. The van der Waals surface area contributed by atoms with Gasteiger partial charge in [0.05, 0.1) is 43.2 Å². The highest BCUT2D eigenvalue weighted by Gasteiger charge is 2.27. The minimum atomic E-state index is -3.82. The molecule has 192 valence electrons. The molecule has 0 radical (unpaired) electrons. The van der Waals surface area contributed by atoms with Crippen molar-refractivity contribution < 1.29 is 31.1 Å². The molecule has 1 aliphatic heterocycles. The van der Waals surface area contributed by atoms with Gasteiger partial charge < -0.3 is 14.8 Å². The summed E-state index contributed by atoms with van der Waals surface area (Å²) in [6.07, 6.45) is 1.60. The average molecular weight is 526 g/mol. The first-order chi connectivity index (χ1) is 16.6. The Morgan fingerprint density at radius 1 is 1.06 bits per heavy atom. The third-order valence-corrected chi connectivity index (χ3v) is 8.74. The van der Waals surface area contributed by atoms with Gasteiger partial charge in [0.25, 0.3) is 0 Å². The molecule has 0 aromatic heterocycles. The molecule has 0 bridgehead atoms. The predicted octanol–water partition coefficient (Wildman–Crippen LogP) is 1.75. The highest BCUT2D eigenvalue weighted by Crippen LogP contribution is 2.24. The Labute approximate surface area is 206 Å². The Morgan fingerprint density at radius 2 is 1.66 bits per heavy atom. The van der Waals surface area contributed by atoms with Gasteiger partial charge in [-0.1, -0.05) is 19.1 Å². The van der Waals surface area contributed by atoms with Crippen molar-refractivity contribution in [3.63, 3.8) is 0 Å². The Kier molecular flexibility index (Phi) is 8.75. The summed E-state index contributed by atoms with van der Waals surface area (Å²) in [6.45, 7) is 2.63. The lowest BCUT2D eigenvalue weighted by Crippen LogP contribution is -2.41. The Balaban J connectivity index is 1.75. The third kappa shape index (κ3) is 6.72. The molecule has 1 heterocycles. The first kappa shape index (κ1) is 26.9. The summed E-state index contributed by atoms with van der Waals surface area (Å²) in [6, 6.07) is 12.4. The first-order valence-electron chi connectivity index (χ1n) is 11.1. The lowest BCUT2D eigenvalue weighted by atomic mass is 10.0. The zero-order valence-electron chi connectivity index (χ0n) is 20.0. The fraction of sp³-hybridized carbons (Fsp3) is 0.435. The molecule has 1 fully saturated rings. The minimum absolute atomic E-state index is 0.0478. The van der Waals surface area contributed by atoms with E-state index in [1.54, 1.807) is 19.2 Å². The summed E-state index contributed by atoms with van der Waals surface area (Å²) in [5, 5.41) is 2.87. The summed E-state index contributed by atoms with van der Waals surface area (Å²) in [5.41, 5.74) is 1.06. The van der Waals surface area contributed by atoms with Gasteiger partial charge in [0.2, 0.25) is 26.0 Å². The van der Waals surface area contributed by atoms with Gasteiger partial charge in [-0.3, -0.25) is 9.10 Å². The molecule has 10 nitrogen and oxygen atoms in total. The zero-order valence-corrected chi connectivity index (χ0v) is 21.6. The molecule has 2 aromatic carbocycles. The van der Waals surface area contributed by atoms with Crippen LogP contribution in [0.4, 0.5) is 5.69 Å². The number of hydrogen-bond acceptors (Lipinski definition) is 7. The number of rotatable bonds is 10. The molecule has 3 rings (SSSR count). The summed E-state index contributed by atoms with van der Waals surface area (Å²) in [7, 11) is -5.97. The standard InChI is InChI=1S/C23H31N3O7S2/c1-4-22(18-5-9-20(32-2)10-6-18)24-23(27)17-26(34(3,28)29)19-7-11-21(12-8-19)35(30,31)25-13-15-33-16-14-25/h5-12,22H,4,13-17H2,1-3H3,(H,24,27). The number of carbonyl (C=O) groups is 1. The van der Waals surface area contributed by atoms with Gasteiger partial charge in [-0.2, -0.15) is 4.31 Å². The maximum absolute atomic E-state index is 12.8. The summed E-state index contributed by atoms with van der Waals surface area (Å²) in [5.74, 6) is 0.209. The summed E-state index contributed by atoms with van der Waals surface area (Å²) < 4.78 is 63.3. The van der Waals surface area contributed by atoms with Crippen molar-refractivity contribution in [2.45, 2.75) is 24.3 Å². The van der Waals surface area contributed by atoms with Gasteiger partial charge in [-0.05, 0) is 48.4 Å². The lowest BCUT2D eigenvalue weighted by molar-refractivity contribution is -0.120. The zero-order chi connectivity index (χ0) is 25.6. The van der Waals surface area contributed by atoms with Gasteiger partial charge in [-0.15, -0.1) is 0 Å². The van der Waals surface area contributed by atoms with E-state index in [9.17, 15) is 21.6 Å². The van der Waals surface area contributed by atoms with E-state index >= 15 is 0 Å². The van der Waals surface area contributed by atoms with Crippen LogP contribution in [-0.4, -0.2) is 73.3 Å². The van der Waals surface area contributed by atoms with Gasteiger partial charge in [0, 0.05) is 13.1 Å². The van der Waals surface area contributed by atoms with Crippen molar-refractivity contribution in [2.75, 3.05) is 50.5 Å². The maximum atomic E-state index is 12.8. The van der Waals surface area contributed by atoms with E-state index in [0.717, 1.165) is 16.1 Å². The average Bonchev–Trinajstić information content (AvgIpc) is 2.86. The second-order valence-electron chi connectivity index (χ2n) is 8.08. The fourth-order valence-corrected chi connectivity index (χ4v) is 6.01. The van der Waals surface area contributed by atoms with Crippen LogP contribution in [0.1, 0.15) is 24.9 Å². The van der Waals surface area contributed by atoms with Crippen LogP contribution in [0.3, 0.4) is 0 Å². The molecule has 1 aliphatic rings. The molecule has 1 N–H and O–H groups in total. The van der Waals surface area contributed by atoms with E-state index in [1.807, 2.05) is 19.1 Å². The monoisotopic (exact) mass is 525 g/mol. The largest absolute Gasteiger partial charge is 0.497 e. The molecular weight excluding hydrogens is 494 g/mol. The number of sulfonamides is 2. The molecule has 0 spiro atoms. The second-order valence-corrected chi connectivity index (χ2v) is 11.9. The van der Waals surface area contributed by atoms with Crippen molar-refractivity contribution in [3.05, 3.63) is 54.1 Å². The number of nitrogens with zero attached hydrogens (tertiary/aromatic N) is 2. The van der Waals surface area contributed by atoms with E-state index in [-0.39, 0.29) is 29.7 Å². The van der Waals surface area contributed by atoms with Crippen LogP contribution in [0.2, 0.25) is 0 Å². The van der Waals surface area contributed by atoms with Crippen LogP contribution >= 0.6 is 0 Å². The van der Waals surface area contributed by atoms with Crippen molar-refractivity contribution in [1.29, 1.82) is 0 Å². The number of amides is 1. The molecule has 1 atom stereocenters. The highest BCUT2D eigenvalue weighted by molar-refractivity contribution is 7.92. The van der Waals surface area contributed by atoms with Crippen LogP contribution in [0.25, 0.3) is 0 Å². The Hall–Kier alpha value is -2.67. The van der Waals surface area contributed by atoms with Gasteiger partial charge >= 0.3 is 0 Å². The van der Waals surface area contributed by atoms with E-state index in [0.29, 0.717) is 25.4 Å². The summed E-state index contributed by atoms with van der Waals surface area (Å²) >= 11 is 0. The van der Waals surface area contributed by atoms with Gasteiger partial charge in [-0.25, -0.2) is 16.8 Å². The normalized spacial score (nSPS) is 15.9. The highest BCUT2D eigenvalue weighted by atomic mass is 32.2. The van der Waals surface area contributed by atoms with E-state index in [1.165, 1.54) is 28.6 Å². The first-order valence-corrected chi connectivity index (χ1v) is 14.4. The molecule has 2 aromatic rings. The number of methoxy groups -OCH3 is 1. The Morgan fingerprint density at radius 3 is 2.17 bits per heavy atom. The second kappa shape index (κ2) is 11.4. The third-order valence-electron chi connectivity index (χ3n) is 5.68. The number of benzene rings is 2. The van der Waals surface area contributed by atoms with Crippen molar-refractivity contribution >= 4 is 31.6 Å². The fourth-order valence-electron chi connectivity index (χ4n) is 3.75. The lowest BCUT2D eigenvalue weighted by Gasteiger charge is -2.27. The number of morpholine rings is 1. The minimum Gasteiger partial charge on any atom is -0.497 e. The smallest absolute Gasteiger partial charge is 0.243 e. The van der Waals surface area contributed by atoms with Crippen LogP contribution < -0.4 is 14.4 Å². The number of carbonyl (C=O) groups excluding carboxylic acids is 1. The van der Waals surface area contributed by atoms with E-state index in [2.05, 4.69) is 5.32 Å². The maximum Gasteiger partial charge on any atom is 0.243 e. The van der Waals surface area contributed by atoms with Crippen LogP contribution in [-0.2, 0) is 29.6 Å². The van der Waals surface area contributed by atoms with Crippen molar-refractivity contribution in [2.24, 2.45) is 0 Å². The summed E-state index contributed by atoms with van der Waals surface area (Å²) in [4.78, 5) is 12.9. The number of hydrogen-bond donors (Lipinski definition) is 1. The van der Waals surface area contributed by atoms with Crippen molar-refractivity contribution in [1.82, 2.24) is 9.62 Å². The molecular formula is C23H31N3O7S2. The SMILES string of the molecule is CCC(NC(=O)CN(c1ccc(S(=O)(=O)N2CCOCC2)cc1)S(C)(=O)=O)c1ccc(OC)cc1.